The van der Waals surface area contributed by atoms with Crippen molar-refractivity contribution in [3.05, 3.63) is 0 Å². The van der Waals surface area contributed by atoms with Gasteiger partial charge in [-0.2, -0.15) is 4.31 Å². The summed E-state index contributed by atoms with van der Waals surface area (Å²) in [4.78, 5) is 12.0. The quantitative estimate of drug-likeness (QED) is 0.789. The first-order chi connectivity index (χ1) is 8.56. The number of piperidine rings is 1. The van der Waals surface area contributed by atoms with Crippen LogP contribution in [0.1, 0.15) is 51.9 Å². The Morgan fingerprint density at radius 2 is 1.89 bits per heavy atom. The van der Waals surface area contributed by atoms with E-state index in [-0.39, 0.29) is 23.5 Å². The summed E-state index contributed by atoms with van der Waals surface area (Å²) >= 11 is 0. The fourth-order valence-electron chi connectivity index (χ4n) is 3.26. The van der Waals surface area contributed by atoms with Gasteiger partial charge in [0.1, 0.15) is 5.78 Å². The highest BCUT2D eigenvalue weighted by Crippen LogP contribution is 2.33. The summed E-state index contributed by atoms with van der Waals surface area (Å²) in [6.07, 6.45) is 6.38. The van der Waals surface area contributed by atoms with Crippen LogP contribution in [0.25, 0.3) is 0 Å². The molecule has 1 aliphatic carbocycles. The van der Waals surface area contributed by atoms with Crippen LogP contribution < -0.4 is 0 Å². The fourth-order valence-corrected chi connectivity index (χ4v) is 4.66. The summed E-state index contributed by atoms with van der Waals surface area (Å²) < 4.78 is 25.9. The molecule has 1 heterocycles. The largest absolute Gasteiger partial charge is 0.299 e. The third kappa shape index (κ3) is 2.77. The molecule has 0 aromatic heterocycles. The van der Waals surface area contributed by atoms with Crippen LogP contribution in [-0.2, 0) is 14.8 Å². The lowest BCUT2D eigenvalue weighted by Crippen LogP contribution is -2.50. The Bertz CT molecular complexity index is 404. The second-order valence-corrected chi connectivity index (χ2v) is 7.60. The summed E-state index contributed by atoms with van der Waals surface area (Å²) in [5, 5.41) is 0. The molecule has 0 radical (unpaired) electrons. The summed E-state index contributed by atoms with van der Waals surface area (Å²) in [7, 11) is -3.16. The zero-order valence-corrected chi connectivity index (χ0v) is 11.9. The van der Waals surface area contributed by atoms with Gasteiger partial charge in [-0.3, -0.25) is 4.79 Å². The van der Waals surface area contributed by atoms with E-state index in [0.29, 0.717) is 13.0 Å². The molecule has 0 spiro atoms. The van der Waals surface area contributed by atoms with Gasteiger partial charge in [-0.1, -0.05) is 12.8 Å². The monoisotopic (exact) mass is 273 g/mol. The van der Waals surface area contributed by atoms with Crippen molar-refractivity contribution in [2.75, 3.05) is 12.3 Å². The van der Waals surface area contributed by atoms with E-state index < -0.39 is 10.0 Å². The maximum absolute atomic E-state index is 12.1. The van der Waals surface area contributed by atoms with Crippen LogP contribution in [-0.4, -0.2) is 36.8 Å². The first kappa shape index (κ1) is 14.0. The molecule has 2 atom stereocenters. The van der Waals surface area contributed by atoms with E-state index >= 15 is 0 Å². The molecule has 0 N–H and O–H groups in total. The molecule has 2 aliphatic rings. The first-order valence-electron chi connectivity index (χ1n) is 7.08. The minimum absolute atomic E-state index is 0.0413. The summed E-state index contributed by atoms with van der Waals surface area (Å²) in [6.45, 7) is 2.29. The van der Waals surface area contributed by atoms with Gasteiger partial charge in [-0.25, -0.2) is 8.42 Å². The maximum atomic E-state index is 12.1. The third-order valence-electron chi connectivity index (χ3n) is 4.29. The van der Waals surface area contributed by atoms with Gasteiger partial charge in [0.2, 0.25) is 10.0 Å². The number of Topliss-reactive ketones (excluding diaryl/α,β-unsaturated/α-hetero) is 1. The fraction of sp³-hybridized carbons (Fsp3) is 0.923. The lowest BCUT2D eigenvalue weighted by Gasteiger charge is -2.40. The van der Waals surface area contributed by atoms with Crippen LogP contribution >= 0.6 is 0 Å². The number of carbonyl (C=O) groups excluding carboxylic acids is 1. The van der Waals surface area contributed by atoms with Crippen molar-refractivity contribution in [2.45, 2.75) is 57.9 Å². The second kappa shape index (κ2) is 5.70. The van der Waals surface area contributed by atoms with E-state index in [1.165, 1.54) is 0 Å². The highest BCUT2D eigenvalue weighted by atomic mass is 32.2. The molecule has 1 aliphatic heterocycles. The highest BCUT2D eigenvalue weighted by Gasteiger charge is 2.39. The molecule has 2 rings (SSSR count). The molecule has 0 bridgehead atoms. The Morgan fingerprint density at radius 1 is 1.17 bits per heavy atom. The maximum Gasteiger partial charge on any atom is 0.214 e. The number of nitrogens with zero attached hydrogens (tertiary/aromatic N) is 1. The van der Waals surface area contributed by atoms with Crippen LogP contribution in [0.5, 0.6) is 0 Å². The number of ketones is 1. The molecule has 0 aromatic carbocycles. The summed E-state index contributed by atoms with van der Waals surface area (Å²) in [5.41, 5.74) is 0. The van der Waals surface area contributed by atoms with Gasteiger partial charge in [0.15, 0.2) is 0 Å². The lowest BCUT2D eigenvalue weighted by molar-refractivity contribution is -0.126. The van der Waals surface area contributed by atoms with E-state index in [0.717, 1.165) is 38.5 Å². The second-order valence-electron chi connectivity index (χ2n) is 5.39. The molecular formula is C13H23NO3S. The van der Waals surface area contributed by atoms with E-state index in [2.05, 4.69) is 0 Å². The molecular weight excluding hydrogens is 250 g/mol. The predicted molar refractivity (Wildman–Crippen MR) is 70.8 cm³/mol. The van der Waals surface area contributed by atoms with Crippen molar-refractivity contribution >= 4 is 15.8 Å². The van der Waals surface area contributed by atoms with E-state index in [4.69, 9.17) is 0 Å². The van der Waals surface area contributed by atoms with Crippen LogP contribution in [0.4, 0.5) is 0 Å². The van der Waals surface area contributed by atoms with Gasteiger partial charge in [-0.15, -0.1) is 0 Å². The molecule has 0 amide bonds. The number of hydrogen-bond donors (Lipinski definition) is 0. The molecule has 4 nitrogen and oxygen atoms in total. The summed E-state index contributed by atoms with van der Waals surface area (Å²) in [5.74, 6) is 0.384. The molecule has 1 saturated carbocycles. The van der Waals surface area contributed by atoms with Crippen molar-refractivity contribution in [1.29, 1.82) is 0 Å². The van der Waals surface area contributed by atoms with Crippen molar-refractivity contribution in [1.82, 2.24) is 4.31 Å². The third-order valence-corrected chi connectivity index (χ3v) is 6.18. The van der Waals surface area contributed by atoms with Gasteiger partial charge in [0.25, 0.3) is 0 Å². The summed E-state index contributed by atoms with van der Waals surface area (Å²) in [6, 6.07) is -0.0588. The van der Waals surface area contributed by atoms with E-state index in [9.17, 15) is 13.2 Å². The number of hydrogen-bond acceptors (Lipinski definition) is 3. The van der Waals surface area contributed by atoms with Crippen molar-refractivity contribution in [3.8, 4) is 0 Å². The Morgan fingerprint density at radius 3 is 2.56 bits per heavy atom. The average molecular weight is 273 g/mol. The number of rotatable bonds is 3. The van der Waals surface area contributed by atoms with E-state index in [1.807, 2.05) is 0 Å². The molecule has 1 saturated heterocycles. The highest BCUT2D eigenvalue weighted by molar-refractivity contribution is 7.89. The first-order valence-corrected chi connectivity index (χ1v) is 8.69. The van der Waals surface area contributed by atoms with E-state index in [1.54, 1.807) is 11.2 Å². The number of carbonyl (C=O) groups is 1. The Hall–Kier alpha value is -0.420. The average Bonchev–Trinajstić information content (AvgIpc) is 2.39. The van der Waals surface area contributed by atoms with Gasteiger partial charge in [0, 0.05) is 24.9 Å². The van der Waals surface area contributed by atoms with Crippen molar-refractivity contribution < 1.29 is 13.2 Å². The normalized spacial score (nSPS) is 31.5. The van der Waals surface area contributed by atoms with Gasteiger partial charge in [-0.05, 0) is 32.6 Å². The lowest BCUT2D eigenvalue weighted by atomic mass is 9.80. The van der Waals surface area contributed by atoms with Crippen LogP contribution in [0, 0.1) is 5.92 Å². The molecule has 18 heavy (non-hydrogen) atoms. The van der Waals surface area contributed by atoms with Crippen LogP contribution in [0.2, 0.25) is 0 Å². The molecule has 5 heteroatoms. The molecule has 2 fully saturated rings. The Labute approximate surface area is 110 Å². The Balaban J connectivity index is 2.19. The van der Waals surface area contributed by atoms with Crippen molar-refractivity contribution in [2.24, 2.45) is 5.92 Å². The van der Waals surface area contributed by atoms with Gasteiger partial charge < -0.3 is 0 Å². The Kier molecular flexibility index (Phi) is 4.43. The SMILES string of the molecule is CCS(=O)(=O)N1CCCCC1C1CCCCC1=O. The standard InChI is InChI=1S/C13H23NO3S/c1-2-18(16,17)14-10-6-5-8-12(14)11-7-3-4-9-13(11)15/h11-12H,2-10H2,1H3. The molecule has 2 unspecified atom stereocenters. The minimum atomic E-state index is -3.16. The minimum Gasteiger partial charge on any atom is -0.299 e. The van der Waals surface area contributed by atoms with Gasteiger partial charge in [0.05, 0.1) is 5.75 Å². The zero-order chi connectivity index (χ0) is 13.2. The topological polar surface area (TPSA) is 54.5 Å². The van der Waals surface area contributed by atoms with Crippen LogP contribution in [0.3, 0.4) is 0 Å². The number of sulfonamides is 1. The van der Waals surface area contributed by atoms with Crippen molar-refractivity contribution in [3.63, 3.8) is 0 Å². The van der Waals surface area contributed by atoms with Crippen LogP contribution in [0.15, 0.2) is 0 Å². The predicted octanol–water partition coefficient (Wildman–Crippen LogP) is 1.95. The smallest absolute Gasteiger partial charge is 0.214 e. The zero-order valence-electron chi connectivity index (χ0n) is 11.1. The molecule has 104 valence electrons. The van der Waals surface area contributed by atoms with Gasteiger partial charge >= 0.3 is 0 Å². The molecule has 0 aromatic rings.